The Balaban J connectivity index is 1.85. The molecule has 0 aromatic heterocycles. The average Bonchev–Trinajstić information content (AvgIpc) is 3.47. The van der Waals surface area contributed by atoms with Gasteiger partial charge in [-0.15, -0.1) is 0 Å². The molecule has 2 aromatic rings. The first kappa shape index (κ1) is 33.1. The fraction of sp³-hybridized carbons (Fsp3) is 0.533. The quantitative estimate of drug-likeness (QED) is 0.287. The van der Waals surface area contributed by atoms with Gasteiger partial charge in [-0.2, -0.15) is 26.3 Å². The molecule has 0 N–H and O–H groups in total. The number of methoxy groups -OCH3 is 2. The molecule has 1 aliphatic carbocycles. The van der Waals surface area contributed by atoms with Crippen LogP contribution >= 0.6 is 0 Å². The zero-order valence-corrected chi connectivity index (χ0v) is 24.7. The number of anilines is 1. The minimum absolute atomic E-state index is 0.0257. The van der Waals surface area contributed by atoms with Gasteiger partial charge in [0.15, 0.2) is 11.5 Å². The molecule has 1 heterocycles. The van der Waals surface area contributed by atoms with Crippen LogP contribution in [0.3, 0.4) is 0 Å². The zero-order chi connectivity index (χ0) is 32.4. The van der Waals surface area contributed by atoms with E-state index in [0.717, 1.165) is 37.7 Å². The summed E-state index contributed by atoms with van der Waals surface area (Å²) in [6.07, 6.45) is -8.19. The number of amides is 2. The first-order chi connectivity index (χ1) is 20.7. The molecule has 0 radical (unpaired) electrons. The molecule has 14 heteroatoms. The van der Waals surface area contributed by atoms with Gasteiger partial charge in [-0.25, -0.2) is 9.59 Å². The number of hydrogen-bond donors (Lipinski definition) is 0. The Bertz CT molecular complexity index is 1330. The summed E-state index contributed by atoms with van der Waals surface area (Å²) in [5.41, 5.74) is -2.77. The normalized spacial score (nSPS) is 18.9. The van der Waals surface area contributed by atoms with E-state index < -0.39 is 59.9 Å². The van der Waals surface area contributed by atoms with Crippen molar-refractivity contribution < 1.29 is 54.9 Å². The fourth-order valence-corrected chi connectivity index (χ4v) is 5.76. The highest BCUT2D eigenvalue weighted by Crippen LogP contribution is 2.47. The number of carbonyl (C=O) groups is 2. The molecule has 0 saturated heterocycles. The van der Waals surface area contributed by atoms with E-state index >= 15 is 0 Å². The van der Waals surface area contributed by atoms with Crippen molar-refractivity contribution in [1.82, 2.24) is 4.90 Å². The maximum absolute atomic E-state index is 13.6. The van der Waals surface area contributed by atoms with Crippen molar-refractivity contribution in [2.45, 2.75) is 83.0 Å². The topological polar surface area (TPSA) is 77.5 Å². The first-order valence-electron chi connectivity index (χ1n) is 14.1. The van der Waals surface area contributed by atoms with E-state index in [1.165, 1.54) is 12.0 Å². The molecule has 1 saturated carbocycles. The van der Waals surface area contributed by atoms with Crippen LogP contribution in [0.1, 0.15) is 74.2 Å². The van der Waals surface area contributed by atoms with Crippen molar-refractivity contribution in [2.75, 3.05) is 25.7 Å². The van der Waals surface area contributed by atoms with Gasteiger partial charge in [0.1, 0.15) is 0 Å². The lowest BCUT2D eigenvalue weighted by Gasteiger charge is -2.42. The Morgan fingerprint density at radius 3 is 2.07 bits per heavy atom. The molecule has 2 atom stereocenters. The second-order valence-electron chi connectivity index (χ2n) is 10.8. The Labute approximate surface area is 250 Å². The SMILES string of the molecule is CCOC(=O)N1c2cc(OC3CCCC3)c(OC)cc2C(N(Cc2cc(C(F)(F)F)cc(C(F)(F)F)c2)C(=O)OC)CC1C. The molecule has 2 unspecified atom stereocenters. The van der Waals surface area contributed by atoms with Crippen molar-refractivity contribution in [3.05, 3.63) is 52.6 Å². The summed E-state index contributed by atoms with van der Waals surface area (Å²) in [5, 5.41) is 0. The molecule has 0 bridgehead atoms. The van der Waals surface area contributed by atoms with E-state index in [4.69, 9.17) is 18.9 Å². The molecule has 4 rings (SSSR count). The van der Waals surface area contributed by atoms with E-state index in [1.54, 1.807) is 26.0 Å². The lowest BCUT2D eigenvalue weighted by atomic mass is 9.90. The fourth-order valence-electron chi connectivity index (χ4n) is 5.76. The lowest BCUT2D eigenvalue weighted by molar-refractivity contribution is -0.143. The van der Waals surface area contributed by atoms with Crippen LogP contribution < -0.4 is 14.4 Å². The van der Waals surface area contributed by atoms with Gasteiger partial charge in [0.05, 0.1) is 49.8 Å². The number of halogens is 6. The van der Waals surface area contributed by atoms with Gasteiger partial charge >= 0.3 is 24.5 Å². The number of nitrogens with zero attached hydrogens (tertiary/aromatic N) is 2. The second kappa shape index (κ2) is 13.0. The summed E-state index contributed by atoms with van der Waals surface area (Å²) in [6, 6.07) is 2.76. The van der Waals surface area contributed by atoms with Crippen molar-refractivity contribution in [3.8, 4) is 11.5 Å². The molecule has 2 aromatic carbocycles. The van der Waals surface area contributed by atoms with Gasteiger partial charge in [-0.3, -0.25) is 9.80 Å². The molecule has 2 aliphatic rings. The molecular formula is C30H34F6N2O6. The number of fused-ring (bicyclic) bond motifs is 1. The Morgan fingerprint density at radius 2 is 1.55 bits per heavy atom. The average molecular weight is 633 g/mol. The molecule has 242 valence electrons. The van der Waals surface area contributed by atoms with E-state index in [1.807, 2.05) is 0 Å². The van der Waals surface area contributed by atoms with Crippen LogP contribution in [-0.2, 0) is 28.4 Å². The largest absolute Gasteiger partial charge is 0.493 e. The van der Waals surface area contributed by atoms with Gasteiger partial charge < -0.3 is 18.9 Å². The first-order valence-corrected chi connectivity index (χ1v) is 14.1. The summed E-state index contributed by atoms with van der Waals surface area (Å²) in [7, 11) is 2.46. The van der Waals surface area contributed by atoms with Crippen LogP contribution in [-0.4, -0.2) is 50.1 Å². The molecule has 0 spiro atoms. The van der Waals surface area contributed by atoms with E-state index in [0.29, 0.717) is 29.1 Å². The Morgan fingerprint density at radius 1 is 0.932 bits per heavy atom. The summed E-state index contributed by atoms with van der Waals surface area (Å²) < 4.78 is 104. The number of alkyl halides is 6. The van der Waals surface area contributed by atoms with Crippen LogP contribution in [0, 0.1) is 0 Å². The molecule has 2 amide bonds. The highest BCUT2D eigenvalue weighted by Gasteiger charge is 2.42. The molecule has 1 aliphatic heterocycles. The lowest BCUT2D eigenvalue weighted by Crippen LogP contribution is -2.47. The number of hydrogen-bond acceptors (Lipinski definition) is 6. The van der Waals surface area contributed by atoms with Crippen molar-refractivity contribution in [1.29, 1.82) is 0 Å². The van der Waals surface area contributed by atoms with E-state index in [2.05, 4.69) is 0 Å². The number of rotatable bonds is 7. The van der Waals surface area contributed by atoms with Crippen LogP contribution in [0.5, 0.6) is 11.5 Å². The highest BCUT2D eigenvalue weighted by atomic mass is 19.4. The van der Waals surface area contributed by atoms with Crippen molar-refractivity contribution >= 4 is 17.9 Å². The third kappa shape index (κ3) is 7.10. The van der Waals surface area contributed by atoms with Gasteiger partial charge in [0.2, 0.25) is 0 Å². The van der Waals surface area contributed by atoms with E-state index in [9.17, 15) is 35.9 Å². The van der Waals surface area contributed by atoms with Crippen molar-refractivity contribution in [3.63, 3.8) is 0 Å². The van der Waals surface area contributed by atoms with Crippen LogP contribution in [0.15, 0.2) is 30.3 Å². The Kier molecular flexibility index (Phi) is 9.79. The summed E-state index contributed by atoms with van der Waals surface area (Å²) in [6.45, 7) is 2.75. The van der Waals surface area contributed by atoms with Crippen LogP contribution in [0.25, 0.3) is 0 Å². The third-order valence-electron chi connectivity index (χ3n) is 7.78. The number of carbonyl (C=O) groups excluding carboxylic acids is 2. The minimum Gasteiger partial charge on any atom is -0.493 e. The molecule has 8 nitrogen and oxygen atoms in total. The standard InChI is InChI=1S/C30H34F6N2O6/c1-5-43-28(40)38-17(2)10-23(22-14-25(41-3)26(15-24(22)38)44-21-8-6-7-9-21)37(27(39)42-4)16-18-11-19(29(31,32)33)13-20(12-18)30(34,35)36/h11-15,17,21,23H,5-10,16H2,1-4H3. The number of benzene rings is 2. The summed E-state index contributed by atoms with van der Waals surface area (Å²) >= 11 is 0. The molecular weight excluding hydrogens is 598 g/mol. The predicted octanol–water partition coefficient (Wildman–Crippen LogP) is 8.12. The number of ether oxygens (including phenoxy) is 4. The van der Waals surface area contributed by atoms with Gasteiger partial charge in [-0.1, -0.05) is 0 Å². The van der Waals surface area contributed by atoms with Gasteiger partial charge in [0.25, 0.3) is 0 Å². The van der Waals surface area contributed by atoms with E-state index in [-0.39, 0.29) is 30.9 Å². The summed E-state index contributed by atoms with van der Waals surface area (Å²) in [4.78, 5) is 28.7. The monoisotopic (exact) mass is 632 g/mol. The highest BCUT2D eigenvalue weighted by molar-refractivity contribution is 5.91. The molecule has 44 heavy (non-hydrogen) atoms. The smallest absolute Gasteiger partial charge is 0.416 e. The minimum atomic E-state index is -5.07. The predicted molar refractivity (Wildman–Crippen MR) is 147 cm³/mol. The maximum Gasteiger partial charge on any atom is 0.416 e. The molecule has 1 fully saturated rings. The van der Waals surface area contributed by atoms with Crippen LogP contribution in [0.4, 0.5) is 41.6 Å². The van der Waals surface area contributed by atoms with Crippen LogP contribution in [0.2, 0.25) is 0 Å². The zero-order valence-electron chi connectivity index (χ0n) is 24.7. The third-order valence-corrected chi connectivity index (χ3v) is 7.78. The Hall–Kier alpha value is -3.84. The second-order valence-corrected chi connectivity index (χ2v) is 10.8. The maximum atomic E-state index is 13.6. The summed E-state index contributed by atoms with van der Waals surface area (Å²) in [5.74, 6) is 0.625. The van der Waals surface area contributed by atoms with Gasteiger partial charge in [0, 0.05) is 24.2 Å². The van der Waals surface area contributed by atoms with Gasteiger partial charge in [-0.05, 0) is 75.8 Å². The van der Waals surface area contributed by atoms with Crippen molar-refractivity contribution in [2.24, 2.45) is 0 Å².